The third-order valence-corrected chi connectivity index (χ3v) is 5.70. The fourth-order valence-electron chi connectivity index (χ4n) is 4.02. The lowest BCUT2D eigenvalue weighted by Crippen LogP contribution is -2.52. The summed E-state index contributed by atoms with van der Waals surface area (Å²) in [4.78, 5) is 43.8. The highest BCUT2D eigenvalue weighted by Gasteiger charge is 2.35. The number of hydrogen-bond acceptors (Lipinski definition) is 6. The number of piperidine rings is 1. The molecule has 1 fully saturated rings. The van der Waals surface area contributed by atoms with E-state index in [0.29, 0.717) is 30.3 Å². The van der Waals surface area contributed by atoms with E-state index in [4.69, 9.17) is 4.74 Å². The first kappa shape index (κ1) is 21.7. The Morgan fingerprint density at radius 1 is 1.09 bits per heavy atom. The van der Waals surface area contributed by atoms with Crippen LogP contribution in [0, 0.1) is 0 Å². The number of carbonyl (C=O) groups is 2. The monoisotopic (exact) mass is 435 g/mol. The topological polar surface area (TPSA) is 102 Å². The lowest BCUT2D eigenvalue weighted by Gasteiger charge is -2.38. The molecule has 1 aromatic heterocycles. The molecule has 0 bridgehead atoms. The number of ether oxygens (including phenoxy) is 1. The van der Waals surface area contributed by atoms with Gasteiger partial charge in [0.25, 0.3) is 5.56 Å². The maximum Gasteiger partial charge on any atom is 0.410 e. The molecule has 1 amide bonds. The van der Waals surface area contributed by atoms with Gasteiger partial charge in [-0.1, -0.05) is 42.5 Å². The summed E-state index contributed by atoms with van der Waals surface area (Å²) in [7, 11) is 0. The molecule has 1 aliphatic rings. The summed E-state index contributed by atoms with van der Waals surface area (Å²) >= 11 is 0. The Labute approximate surface area is 185 Å². The van der Waals surface area contributed by atoms with Crippen molar-refractivity contribution < 1.29 is 19.4 Å². The van der Waals surface area contributed by atoms with Crippen LogP contribution in [0.15, 0.2) is 65.7 Å². The van der Waals surface area contributed by atoms with Crippen LogP contribution in [0.25, 0.3) is 10.9 Å². The van der Waals surface area contributed by atoms with Crippen molar-refractivity contribution in [1.82, 2.24) is 14.5 Å². The second-order valence-electron chi connectivity index (χ2n) is 7.95. The van der Waals surface area contributed by atoms with Gasteiger partial charge >= 0.3 is 6.09 Å². The van der Waals surface area contributed by atoms with E-state index in [1.807, 2.05) is 30.3 Å². The first-order valence-electron chi connectivity index (χ1n) is 10.6. The number of aliphatic hydroxyl groups is 1. The van der Waals surface area contributed by atoms with Gasteiger partial charge in [-0.2, -0.15) is 0 Å². The molecular weight excluding hydrogens is 410 g/mol. The van der Waals surface area contributed by atoms with E-state index < -0.39 is 18.2 Å². The molecule has 8 heteroatoms. The number of para-hydroxylation sites is 1. The molecule has 166 valence electrons. The summed E-state index contributed by atoms with van der Waals surface area (Å²) in [5, 5.41) is 10.9. The Balaban J connectivity index is 1.43. The molecule has 0 saturated carbocycles. The summed E-state index contributed by atoms with van der Waals surface area (Å²) in [5.74, 6) is -0.268. The van der Waals surface area contributed by atoms with Crippen molar-refractivity contribution in [2.24, 2.45) is 0 Å². The van der Waals surface area contributed by atoms with Gasteiger partial charge in [-0.15, -0.1) is 0 Å². The minimum Gasteiger partial charge on any atom is -0.445 e. The van der Waals surface area contributed by atoms with Crippen molar-refractivity contribution in [2.45, 2.75) is 44.6 Å². The number of Topliss-reactive ketones (excluding diaryl/α,β-unsaturated/α-hetero) is 1. The molecule has 1 aliphatic heterocycles. The zero-order valence-corrected chi connectivity index (χ0v) is 17.6. The quantitative estimate of drug-likeness (QED) is 0.638. The SMILES string of the molecule is O=C(C[C@H]1[C@H](O)CCCN1C(=O)OCc1ccccc1)Cn1cnc2ccccc2c1=O. The number of aliphatic hydroxyl groups excluding tert-OH is 1. The molecule has 8 nitrogen and oxygen atoms in total. The fourth-order valence-corrected chi connectivity index (χ4v) is 4.02. The van der Waals surface area contributed by atoms with Crippen LogP contribution in [0.2, 0.25) is 0 Å². The van der Waals surface area contributed by atoms with E-state index in [1.165, 1.54) is 15.8 Å². The highest BCUT2D eigenvalue weighted by atomic mass is 16.6. The average molecular weight is 435 g/mol. The van der Waals surface area contributed by atoms with Crippen molar-refractivity contribution in [2.75, 3.05) is 6.54 Å². The maximum atomic E-state index is 12.8. The lowest BCUT2D eigenvalue weighted by molar-refractivity contribution is -0.122. The van der Waals surface area contributed by atoms with Crippen LogP contribution in [-0.2, 0) is 22.7 Å². The number of fused-ring (bicyclic) bond motifs is 1. The molecule has 2 atom stereocenters. The molecule has 0 unspecified atom stereocenters. The van der Waals surface area contributed by atoms with Crippen LogP contribution in [-0.4, -0.2) is 50.1 Å². The third kappa shape index (κ3) is 4.86. The molecule has 0 radical (unpaired) electrons. The number of rotatable bonds is 6. The summed E-state index contributed by atoms with van der Waals surface area (Å²) < 4.78 is 6.67. The van der Waals surface area contributed by atoms with Gasteiger partial charge in [0.1, 0.15) is 6.61 Å². The van der Waals surface area contributed by atoms with Crippen LogP contribution in [0.1, 0.15) is 24.8 Å². The standard InChI is InChI=1S/C24H25N3O5/c28-18(14-26-16-25-20-10-5-4-9-19(20)23(26)30)13-21-22(29)11-6-12-27(21)24(31)32-15-17-7-2-1-3-8-17/h1-5,7-10,16,21-22,29H,6,11-15H2/t21-,22+/m0/s1. The number of amides is 1. The van der Waals surface area contributed by atoms with Crippen molar-refractivity contribution in [3.8, 4) is 0 Å². The average Bonchev–Trinajstić information content (AvgIpc) is 2.81. The molecule has 1 saturated heterocycles. The van der Waals surface area contributed by atoms with E-state index in [9.17, 15) is 19.5 Å². The lowest BCUT2D eigenvalue weighted by atomic mass is 9.95. The number of ketones is 1. The Hall–Kier alpha value is -3.52. The Kier molecular flexibility index (Phi) is 6.61. The van der Waals surface area contributed by atoms with Gasteiger partial charge in [-0.05, 0) is 30.5 Å². The van der Waals surface area contributed by atoms with Crippen LogP contribution in [0.4, 0.5) is 4.79 Å². The normalized spacial score (nSPS) is 18.5. The molecule has 2 aromatic carbocycles. The van der Waals surface area contributed by atoms with Gasteiger partial charge in [0.2, 0.25) is 0 Å². The molecule has 4 rings (SSSR count). The first-order chi connectivity index (χ1) is 15.5. The molecular formula is C24H25N3O5. The van der Waals surface area contributed by atoms with E-state index in [2.05, 4.69) is 4.98 Å². The van der Waals surface area contributed by atoms with Crippen LogP contribution in [0.3, 0.4) is 0 Å². The number of likely N-dealkylation sites (tertiary alicyclic amines) is 1. The molecule has 32 heavy (non-hydrogen) atoms. The highest BCUT2D eigenvalue weighted by Crippen LogP contribution is 2.22. The zero-order valence-electron chi connectivity index (χ0n) is 17.6. The van der Waals surface area contributed by atoms with Crippen molar-refractivity contribution in [3.63, 3.8) is 0 Å². The van der Waals surface area contributed by atoms with Gasteiger partial charge in [-0.25, -0.2) is 9.78 Å². The van der Waals surface area contributed by atoms with Gasteiger partial charge < -0.3 is 14.7 Å². The second kappa shape index (κ2) is 9.74. The van der Waals surface area contributed by atoms with E-state index in [1.54, 1.807) is 24.3 Å². The summed E-state index contributed by atoms with van der Waals surface area (Å²) in [6.45, 7) is 0.345. The largest absolute Gasteiger partial charge is 0.445 e. The Morgan fingerprint density at radius 2 is 1.84 bits per heavy atom. The number of aromatic nitrogens is 2. The first-order valence-corrected chi connectivity index (χ1v) is 10.6. The molecule has 0 spiro atoms. The molecule has 3 aromatic rings. The van der Waals surface area contributed by atoms with Gasteiger partial charge in [-0.3, -0.25) is 14.2 Å². The fraction of sp³-hybridized carbons (Fsp3) is 0.333. The van der Waals surface area contributed by atoms with Crippen molar-refractivity contribution >= 4 is 22.8 Å². The number of nitrogens with zero attached hydrogens (tertiary/aromatic N) is 3. The van der Waals surface area contributed by atoms with Gasteiger partial charge in [0.15, 0.2) is 5.78 Å². The van der Waals surface area contributed by atoms with Gasteiger partial charge in [0, 0.05) is 13.0 Å². The third-order valence-electron chi connectivity index (χ3n) is 5.70. The zero-order chi connectivity index (χ0) is 22.5. The second-order valence-corrected chi connectivity index (χ2v) is 7.95. The number of carbonyl (C=O) groups excluding carboxylic acids is 2. The summed E-state index contributed by atoms with van der Waals surface area (Å²) in [6, 6.07) is 15.6. The number of hydrogen-bond donors (Lipinski definition) is 1. The van der Waals surface area contributed by atoms with Crippen LogP contribution < -0.4 is 5.56 Å². The molecule has 1 N–H and O–H groups in total. The maximum absolute atomic E-state index is 12.8. The number of benzene rings is 2. The molecule has 0 aliphatic carbocycles. The molecule has 2 heterocycles. The highest BCUT2D eigenvalue weighted by molar-refractivity contribution is 5.81. The van der Waals surface area contributed by atoms with E-state index >= 15 is 0 Å². The summed E-state index contributed by atoms with van der Waals surface area (Å²) in [6.07, 6.45) is 1.02. The Morgan fingerprint density at radius 3 is 2.66 bits per heavy atom. The predicted molar refractivity (Wildman–Crippen MR) is 118 cm³/mol. The predicted octanol–water partition coefficient (Wildman–Crippen LogP) is 2.52. The minimum atomic E-state index is -0.830. The Bertz CT molecular complexity index is 1160. The van der Waals surface area contributed by atoms with Crippen LogP contribution in [0.5, 0.6) is 0 Å². The smallest absolute Gasteiger partial charge is 0.410 e. The summed E-state index contributed by atoms with van der Waals surface area (Å²) in [5.41, 5.74) is 1.12. The van der Waals surface area contributed by atoms with Crippen molar-refractivity contribution in [3.05, 3.63) is 76.8 Å². The van der Waals surface area contributed by atoms with Crippen LogP contribution >= 0.6 is 0 Å². The van der Waals surface area contributed by atoms with E-state index in [-0.39, 0.29) is 30.9 Å². The minimum absolute atomic E-state index is 0.0686. The van der Waals surface area contributed by atoms with Gasteiger partial charge in [0.05, 0.1) is 35.9 Å². The van der Waals surface area contributed by atoms with E-state index in [0.717, 1.165) is 5.56 Å². The van der Waals surface area contributed by atoms with Crippen molar-refractivity contribution in [1.29, 1.82) is 0 Å².